The Labute approximate surface area is 91.5 Å². The maximum Gasteiger partial charge on any atom is 0.229 e. The molecule has 0 aromatic heterocycles. The average Bonchev–Trinajstić information content (AvgIpc) is 2.17. The Morgan fingerprint density at radius 1 is 1.36 bits per heavy atom. The Bertz CT molecular complexity index is 319. The van der Waals surface area contributed by atoms with Crippen LogP contribution in [-0.4, -0.2) is 10.4 Å². The summed E-state index contributed by atoms with van der Waals surface area (Å²) < 4.78 is 11.9. The second-order valence-electron chi connectivity index (χ2n) is 3.47. The van der Waals surface area contributed by atoms with Crippen LogP contribution < -0.4 is 0 Å². The van der Waals surface area contributed by atoms with Crippen LogP contribution in [0, 0.1) is 5.92 Å². The highest BCUT2D eigenvalue weighted by molar-refractivity contribution is 9.10. The Kier molecular flexibility index (Phi) is 3.43. The van der Waals surface area contributed by atoms with Gasteiger partial charge in [-0.25, -0.2) is 4.39 Å². The minimum Gasteiger partial charge on any atom is -0.290 e. The molecule has 0 amide bonds. The molecule has 0 radical (unpaired) electrons. The van der Waals surface area contributed by atoms with Crippen LogP contribution in [0.25, 0.3) is 0 Å². The van der Waals surface area contributed by atoms with Gasteiger partial charge in [-0.15, -0.1) is 0 Å². The van der Waals surface area contributed by atoms with Gasteiger partial charge >= 0.3 is 0 Å². The van der Waals surface area contributed by atoms with Gasteiger partial charge in [-0.1, -0.05) is 44.2 Å². The fraction of sp³-hybridized carbons (Fsp3) is 0.364. The molecule has 0 aliphatic rings. The van der Waals surface area contributed by atoms with E-state index in [1.165, 1.54) is 0 Å². The maximum atomic E-state index is 13.9. The molecule has 0 spiro atoms. The molecule has 0 aliphatic heterocycles. The first-order valence-corrected chi connectivity index (χ1v) is 5.23. The second kappa shape index (κ2) is 4.22. The van der Waals surface area contributed by atoms with Crippen molar-refractivity contribution in [2.75, 3.05) is 0 Å². The molecule has 3 heteroatoms. The van der Waals surface area contributed by atoms with Gasteiger partial charge in [-0.3, -0.25) is 4.79 Å². The minimum absolute atomic E-state index is 0.389. The summed E-state index contributed by atoms with van der Waals surface area (Å²) in [6.07, 6.45) is 0. The number of hydrogen-bond donors (Lipinski definition) is 0. The van der Waals surface area contributed by atoms with Crippen molar-refractivity contribution in [3.05, 3.63) is 35.9 Å². The monoisotopic (exact) mass is 258 g/mol. The fourth-order valence-electron chi connectivity index (χ4n) is 1.04. The van der Waals surface area contributed by atoms with Crippen molar-refractivity contribution in [2.24, 2.45) is 5.92 Å². The van der Waals surface area contributed by atoms with Gasteiger partial charge in [0.25, 0.3) is 0 Å². The minimum atomic E-state index is -1.96. The molecule has 1 atom stereocenters. The Balaban J connectivity index is 2.97. The van der Waals surface area contributed by atoms with Crippen LogP contribution in [-0.2, 0) is 0 Å². The van der Waals surface area contributed by atoms with Crippen LogP contribution in [0.5, 0.6) is 0 Å². The van der Waals surface area contributed by atoms with Gasteiger partial charge in [0.15, 0.2) is 0 Å². The number of benzene rings is 1. The van der Waals surface area contributed by atoms with Crippen molar-refractivity contribution in [1.82, 2.24) is 0 Å². The van der Waals surface area contributed by atoms with Gasteiger partial charge in [0, 0.05) is 11.5 Å². The highest BCUT2D eigenvalue weighted by Crippen LogP contribution is 2.32. The molecule has 0 saturated carbocycles. The van der Waals surface area contributed by atoms with Gasteiger partial charge < -0.3 is 0 Å². The Morgan fingerprint density at radius 3 is 2.29 bits per heavy atom. The van der Waals surface area contributed by atoms with Crippen molar-refractivity contribution in [3.63, 3.8) is 0 Å². The maximum absolute atomic E-state index is 13.9. The van der Waals surface area contributed by atoms with E-state index >= 15 is 0 Å². The highest BCUT2D eigenvalue weighted by Gasteiger charge is 2.39. The van der Waals surface area contributed by atoms with Crippen LogP contribution >= 0.6 is 15.9 Å². The summed E-state index contributed by atoms with van der Waals surface area (Å²) in [5.74, 6) is -0.914. The van der Waals surface area contributed by atoms with E-state index in [0.29, 0.717) is 5.56 Å². The van der Waals surface area contributed by atoms with Gasteiger partial charge in [-0.2, -0.15) is 0 Å². The van der Waals surface area contributed by atoms with Crippen molar-refractivity contribution < 1.29 is 9.18 Å². The van der Waals surface area contributed by atoms with Crippen molar-refractivity contribution in [1.29, 1.82) is 0 Å². The summed E-state index contributed by atoms with van der Waals surface area (Å²) in [5, 5.41) is 0. The van der Waals surface area contributed by atoms with Gasteiger partial charge in [0.1, 0.15) is 0 Å². The topological polar surface area (TPSA) is 17.1 Å². The molecule has 0 N–H and O–H groups in total. The van der Waals surface area contributed by atoms with Gasteiger partial charge in [-0.05, 0) is 15.9 Å². The Hall–Kier alpha value is -0.700. The average molecular weight is 259 g/mol. The summed E-state index contributed by atoms with van der Waals surface area (Å²) in [6, 6.07) is 8.45. The van der Waals surface area contributed by atoms with E-state index in [0.717, 1.165) is 0 Å². The Morgan fingerprint density at radius 2 is 1.86 bits per heavy atom. The molecule has 0 aliphatic carbocycles. The van der Waals surface area contributed by atoms with Gasteiger partial charge in [0.2, 0.25) is 10.4 Å². The smallest absolute Gasteiger partial charge is 0.229 e. The first-order chi connectivity index (χ1) is 6.46. The molecule has 14 heavy (non-hydrogen) atoms. The predicted molar refractivity (Wildman–Crippen MR) is 58.4 cm³/mol. The quantitative estimate of drug-likeness (QED) is 0.599. The third-order valence-electron chi connectivity index (χ3n) is 2.06. The fourth-order valence-corrected chi connectivity index (χ4v) is 1.27. The van der Waals surface area contributed by atoms with Crippen LogP contribution in [0.4, 0.5) is 4.39 Å². The third kappa shape index (κ3) is 2.21. The number of carbonyl (C=O) groups excluding carboxylic acids is 1. The lowest BCUT2D eigenvalue weighted by molar-refractivity contribution is 0.0788. The zero-order valence-corrected chi connectivity index (χ0v) is 9.71. The number of ketones is 1. The molecule has 76 valence electrons. The molecular formula is C11H12BrFO. The second-order valence-corrected chi connectivity index (χ2v) is 4.63. The van der Waals surface area contributed by atoms with E-state index < -0.39 is 16.3 Å². The molecule has 1 aromatic rings. The van der Waals surface area contributed by atoms with Crippen LogP contribution in [0.1, 0.15) is 24.2 Å². The number of carbonyl (C=O) groups is 1. The standard InChI is InChI=1S/C11H12BrFO/c1-8(2)11(12,13)10(14)9-6-4-3-5-7-9/h3-8H,1-2H3. The lowest BCUT2D eigenvalue weighted by atomic mass is 9.99. The number of hydrogen-bond acceptors (Lipinski definition) is 1. The number of halogens is 2. The van der Waals surface area contributed by atoms with Crippen LogP contribution in [0.3, 0.4) is 0 Å². The van der Waals surface area contributed by atoms with E-state index in [1.807, 2.05) is 0 Å². The van der Waals surface area contributed by atoms with E-state index in [9.17, 15) is 9.18 Å². The molecule has 1 aromatic carbocycles. The number of rotatable bonds is 3. The van der Waals surface area contributed by atoms with Crippen molar-refractivity contribution in [2.45, 2.75) is 18.4 Å². The third-order valence-corrected chi connectivity index (χ3v) is 3.34. The first-order valence-electron chi connectivity index (χ1n) is 4.44. The SMILES string of the molecule is CC(C)C(F)(Br)C(=O)c1ccccc1. The van der Waals surface area contributed by atoms with E-state index in [1.54, 1.807) is 44.2 Å². The number of alkyl halides is 2. The lowest BCUT2D eigenvalue weighted by Crippen LogP contribution is -2.32. The molecule has 1 nitrogen and oxygen atoms in total. The van der Waals surface area contributed by atoms with Crippen LogP contribution in [0.2, 0.25) is 0 Å². The first kappa shape index (κ1) is 11.4. The van der Waals surface area contributed by atoms with Crippen molar-refractivity contribution in [3.8, 4) is 0 Å². The molecular weight excluding hydrogens is 247 g/mol. The predicted octanol–water partition coefficient (Wildman–Crippen LogP) is 3.59. The highest BCUT2D eigenvalue weighted by atomic mass is 79.9. The van der Waals surface area contributed by atoms with E-state index in [4.69, 9.17) is 0 Å². The number of Topliss-reactive ketones (excluding diaryl/α,β-unsaturated/α-hetero) is 1. The van der Waals surface area contributed by atoms with Crippen molar-refractivity contribution >= 4 is 21.7 Å². The summed E-state index contributed by atoms with van der Waals surface area (Å²) >= 11 is 2.83. The summed E-state index contributed by atoms with van der Waals surface area (Å²) in [5.41, 5.74) is 0.389. The van der Waals surface area contributed by atoms with Gasteiger partial charge in [0.05, 0.1) is 0 Å². The molecule has 1 rings (SSSR count). The molecule has 1 unspecified atom stereocenters. The van der Waals surface area contributed by atoms with Crippen LogP contribution in [0.15, 0.2) is 30.3 Å². The normalized spacial score (nSPS) is 15.2. The molecule has 0 fully saturated rings. The molecule has 0 bridgehead atoms. The molecule has 0 heterocycles. The van der Waals surface area contributed by atoms with E-state index in [-0.39, 0.29) is 0 Å². The lowest BCUT2D eigenvalue weighted by Gasteiger charge is -2.20. The molecule has 0 saturated heterocycles. The zero-order valence-electron chi connectivity index (χ0n) is 8.13. The summed E-state index contributed by atoms with van der Waals surface area (Å²) in [6.45, 7) is 3.32. The summed E-state index contributed by atoms with van der Waals surface area (Å²) in [4.78, 5) is 11.7. The largest absolute Gasteiger partial charge is 0.290 e. The summed E-state index contributed by atoms with van der Waals surface area (Å²) in [7, 11) is 0. The van der Waals surface area contributed by atoms with E-state index in [2.05, 4.69) is 15.9 Å². The zero-order chi connectivity index (χ0) is 10.8.